The molecular weight excluding hydrogens is 110 g/mol. The van der Waals surface area contributed by atoms with Crippen molar-refractivity contribution in [2.75, 3.05) is 0 Å². The molecular formula is CuNO2. The fourth-order valence-electron chi connectivity index (χ4n) is 0. The van der Waals surface area contributed by atoms with Crippen LogP contribution in [0.1, 0.15) is 0 Å². The third-order valence-electron chi connectivity index (χ3n) is 0. The molecule has 3 nitrogen and oxygen atoms in total. The minimum atomic E-state index is 0. The van der Waals surface area contributed by atoms with Crippen LogP contribution in [0, 0.1) is 10.1 Å². The Balaban J connectivity index is 0. The van der Waals surface area contributed by atoms with E-state index in [4.69, 9.17) is 10.1 Å². The van der Waals surface area contributed by atoms with Gasteiger partial charge in [0.1, 0.15) is 0 Å². The first-order valence-electron chi connectivity index (χ1n) is 0.365. The second-order valence-electron chi connectivity index (χ2n) is 0.0745. The molecule has 0 unspecified atom stereocenters. The van der Waals surface area contributed by atoms with Crippen molar-refractivity contribution < 1.29 is 17.1 Å². The maximum Gasteiger partial charge on any atom is 0.387 e. The molecule has 0 aromatic rings. The average Bonchev–Trinajstić information content (AvgIpc) is 0.918. The Morgan fingerprint density at radius 3 is 1.75 bits per heavy atom. The van der Waals surface area contributed by atoms with E-state index in [0.717, 1.165) is 5.34 Å². The van der Waals surface area contributed by atoms with Gasteiger partial charge in [0.25, 0.3) is 0 Å². The summed E-state index contributed by atoms with van der Waals surface area (Å²) in [6.07, 6.45) is 0. The van der Waals surface area contributed by atoms with Gasteiger partial charge in [-0.25, -0.2) is 0 Å². The Morgan fingerprint density at radius 2 is 1.75 bits per heavy atom. The summed E-state index contributed by atoms with van der Waals surface area (Å²) >= 11 is 0. The third kappa shape index (κ3) is 250. The first-order valence-corrected chi connectivity index (χ1v) is 0.365. The predicted octanol–water partition coefficient (Wildman–Crippen LogP) is -0.416. The largest absolute Gasteiger partial charge is 0.387 e. The number of hydrogen-bond acceptors (Lipinski definition) is 3. The maximum absolute atomic E-state index is 8.00. The van der Waals surface area contributed by atoms with Crippen LogP contribution in [0.4, 0.5) is 0 Å². The van der Waals surface area contributed by atoms with Gasteiger partial charge < -0.3 is 0 Å². The van der Waals surface area contributed by atoms with Gasteiger partial charge in [0, 0.05) is 17.1 Å². The van der Waals surface area contributed by atoms with Crippen LogP contribution >= 0.6 is 0 Å². The molecule has 0 atom stereocenters. The Hall–Kier alpha value is -0.0805. The molecule has 0 aliphatic rings. The van der Waals surface area contributed by atoms with Crippen molar-refractivity contribution in [3.8, 4) is 0 Å². The summed E-state index contributed by atoms with van der Waals surface area (Å²) < 4.78 is 0. The van der Waals surface area contributed by atoms with E-state index in [9.17, 15) is 0 Å². The van der Waals surface area contributed by atoms with Crippen LogP contribution < -0.4 is 5.34 Å². The molecule has 0 aromatic carbocycles. The van der Waals surface area contributed by atoms with Crippen LogP contribution in [-0.2, 0) is 17.1 Å². The van der Waals surface area contributed by atoms with Gasteiger partial charge in [-0.15, -0.1) is 0 Å². The van der Waals surface area contributed by atoms with E-state index in [1.165, 1.54) is 0 Å². The van der Waals surface area contributed by atoms with Gasteiger partial charge in [-0.2, -0.15) is 10.1 Å². The first-order chi connectivity index (χ1) is 1.41. The quantitative estimate of drug-likeness (QED) is 0.241. The normalized spacial score (nSPS) is 3.00. The summed E-state index contributed by atoms with van der Waals surface area (Å²) in [6, 6.07) is 0. The predicted molar refractivity (Wildman–Crippen MR) is 8.87 cm³/mol. The van der Waals surface area contributed by atoms with Crippen molar-refractivity contribution in [3.63, 3.8) is 0 Å². The molecule has 4 heteroatoms. The molecule has 0 bridgehead atoms. The van der Waals surface area contributed by atoms with Gasteiger partial charge in [-0.3, -0.25) is 0 Å². The van der Waals surface area contributed by atoms with Crippen molar-refractivity contribution in [1.82, 2.24) is 5.34 Å². The number of nitrogens with zero attached hydrogens (tertiary/aromatic N) is 1. The molecule has 0 aliphatic carbocycles. The summed E-state index contributed by atoms with van der Waals surface area (Å²) in [5.74, 6) is 0. The molecule has 0 saturated carbocycles. The average molecular weight is 110 g/mol. The van der Waals surface area contributed by atoms with Gasteiger partial charge in [-0.05, 0) is 0 Å². The SMILES string of the molecule is O=[N+][O-].[Cu]. The molecule has 0 rings (SSSR count). The molecule has 0 heterocycles. The zero-order valence-electron chi connectivity index (χ0n) is 1.57. The molecule has 4 heavy (non-hydrogen) atoms. The van der Waals surface area contributed by atoms with Crippen LogP contribution in [0.15, 0.2) is 0 Å². The maximum atomic E-state index is 8.00. The molecule has 0 N–H and O–H groups in total. The summed E-state index contributed by atoms with van der Waals surface area (Å²) in [7, 11) is 0. The third-order valence-corrected chi connectivity index (χ3v) is 0. The minimum absolute atomic E-state index is 0. The number of rotatable bonds is 0. The molecule has 28 valence electrons. The fourth-order valence-corrected chi connectivity index (χ4v) is 0. The van der Waals surface area contributed by atoms with Crippen molar-refractivity contribution >= 4 is 0 Å². The second kappa shape index (κ2) is 12.7. The summed E-state index contributed by atoms with van der Waals surface area (Å²) in [5.41, 5.74) is 0. The van der Waals surface area contributed by atoms with E-state index in [2.05, 4.69) is 0 Å². The zero-order valence-corrected chi connectivity index (χ0v) is 2.51. The molecule has 0 fully saturated rings. The smallest absolute Gasteiger partial charge is 0.194 e. The van der Waals surface area contributed by atoms with E-state index >= 15 is 0 Å². The Kier molecular flexibility index (Phi) is 28.8. The van der Waals surface area contributed by atoms with Gasteiger partial charge in [0.2, 0.25) is 0 Å². The second-order valence-corrected chi connectivity index (χ2v) is 0.0745. The van der Waals surface area contributed by atoms with Gasteiger partial charge in [-0.1, -0.05) is 0 Å². The van der Waals surface area contributed by atoms with Crippen LogP contribution in [0.5, 0.6) is 0 Å². The molecule has 0 spiro atoms. The Morgan fingerprint density at radius 1 is 1.75 bits per heavy atom. The molecule has 0 amide bonds. The van der Waals surface area contributed by atoms with Crippen LogP contribution in [0.3, 0.4) is 0 Å². The molecule has 2 radical (unpaired) electrons. The Bertz CT molecular complexity index is 13.5. The van der Waals surface area contributed by atoms with E-state index < -0.39 is 0 Å². The van der Waals surface area contributed by atoms with Gasteiger partial charge >= 0.3 is 5.34 Å². The van der Waals surface area contributed by atoms with E-state index in [1.54, 1.807) is 0 Å². The molecule has 0 aliphatic heterocycles. The van der Waals surface area contributed by atoms with E-state index in [1.807, 2.05) is 0 Å². The summed E-state index contributed by atoms with van der Waals surface area (Å²) in [5, 5.41) is 9.00. The van der Waals surface area contributed by atoms with Crippen LogP contribution in [-0.4, -0.2) is 0 Å². The standard InChI is InChI=1S/Cu.NO2/c;2-1-3. The molecule has 0 saturated heterocycles. The fraction of sp³-hybridized carbons (Fsp3) is 0. The minimum Gasteiger partial charge on any atom is -0.194 e. The first kappa shape index (κ1) is 9.07. The summed E-state index contributed by atoms with van der Waals surface area (Å²) in [4.78, 5) is 8.00. The van der Waals surface area contributed by atoms with Crippen molar-refractivity contribution in [3.05, 3.63) is 10.1 Å². The van der Waals surface area contributed by atoms with Gasteiger partial charge in [0.05, 0.1) is 0 Å². The van der Waals surface area contributed by atoms with Crippen molar-refractivity contribution in [2.24, 2.45) is 0 Å². The van der Waals surface area contributed by atoms with E-state index in [0.29, 0.717) is 0 Å². The topological polar surface area (TPSA) is 54.2 Å². The van der Waals surface area contributed by atoms with Crippen LogP contribution in [0.25, 0.3) is 0 Å². The van der Waals surface area contributed by atoms with E-state index in [-0.39, 0.29) is 17.1 Å². The number of hydrogen-bond donors (Lipinski definition) is 0. The summed E-state index contributed by atoms with van der Waals surface area (Å²) in [6.45, 7) is 0. The van der Waals surface area contributed by atoms with Crippen molar-refractivity contribution in [2.45, 2.75) is 0 Å². The Labute approximate surface area is 33.4 Å². The van der Waals surface area contributed by atoms with Crippen LogP contribution in [0.2, 0.25) is 0 Å². The van der Waals surface area contributed by atoms with Crippen molar-refractivity contribution in [1.29, 1.82) is 0 Å². The monoisotopic (exact) mass is 109 g/mol. The molecule has 0 aromatic heterocycles. The zero-order chi connectivity index (χ0) is 2.71. The van der Waals surface area contributed by atoms with Gasteiger partial charge in [0.15, 0.2) is 0 Å².